The molecule has 0 aliphatic rings. The molecule has 7 heteroatoms. The van der Waals surface area contributed by atoms with E-state index < -0.39 is 15.9 Å². The van der Waals surface area contributed by atoms with E-state index in [-0.39, 0.29) is 17.1 Å². The number of phenols is 1. The first kappa shape index (κ1) is 16.0. The molecule has 2 rings (SSSR count). The average molecular weight is 320 g/mol. The molecule has 0 bridgehead atoms. The number of nitrogens with one attached hydrogen (secondary N) is 2. The van der Waals surface area contributed by atoms with Gasteiger partial charge in [-0.1, -0.05) is 42.0 Å². The number of benzene rings is 2. The van der Waals surface area contributed by atoms with E-state index in [4.69, 9.17) is 0 Å². The van der Waals surface area contributed by atoms with Crippen LogP contribution in [0.15, 0.2) is 48.5 Å². The molecule has 1 amide bonds. The number of sulfonamides is 1. The number of aryl methyl sites for hydroxylation is 1. The predicted molar refractivity (Wildman–Crippen MR) is 82.5 cm³/mol. The van der Waals surface area contributed by atoms with Crippen LogP contribution in [0, 0.1) is 6.92 Å². The van der Waals surface area contributed by atoms with Crippen molar-refractivity contribution in [2.24, 2.45) is 0 Å². The number of carbonyl (C=O) groups is 1. The molecule has 2 aromatic rings. The van der Waals surface area contributed by atoms with Gasteiger partial charge in [0, 0.05) is 0 Å². The third kappa shape index (κ3) is 4.31. The summed E-state index contributed by atoms with van der Waals surface area (Å²) in [5.74, 6) is -1.21. The van der Waals surface area contributed by atoms with Gasteiger partial charge in [-0.25, -0.2) is 8.42 Å². The van der Waals surface area contributed by atoms with E-state index in [9.17, 15) is 18.3 Å². The lowest BCUT2D eigenvalue weighted by atomic mass is 10.2. The minimum atomic E-state index is -3.73. The minimum absolute atomic E-state index is 0.0132. The number of aromatic hydroxyl groups is 1. The highest BCUT2D eigenvalue weighted by molar-refractivity contribution is 7.88. The molecular weight excluding hydrogens is 304 g/mol. The van der Waals surface area contributed by atoms with E-state index in [1.807, 2.05) is 17.8 Å². The number of hydrazine groups is 1. The van der Waals surface area contributed by atoms with Crippen LogP contribution in [-0.2, 0) is 15.8 Å². The van der Waals surface area contributed by atoms with Crippen molar-refractivity contribution in [3.05, 3.63) is 65.2 Å². The molecule has 0 aliphatic carbocycles. The highest BCUT2D eigenvalue weighted by Crippen LogP contribution is 2.14. The third-order valence-electron chi connectivity index (χ3n) is 2.91. The van der Waals surface area contributed by atoms with Gasteiger partial charge in [0.15, 0.2) is 0 Å². The summed E-state index contributed by atoms with van der Waals surface area (Å²) in [6.45, 7) is 1.86. The van der Waals surface area contributed by atoms with Gasteiger partial charge in [0.2, 0.25) is 10.0 Å². The highest BCUT2D eigenvalue weighted by atomic mass is 32.2. The molecule has 0 aromatic heterocycles. The fourth-order valence-electron chi connectivity index (χ4n) is 1.91. The van der Waals surface area contributed by atoms with Crippen LogP contribution in [0.4, 0.5) is 0 Å². The van der Waals surface area contributed by atoms with Gasteiger partial charge in [-0.3, -0.25) is 10.2 Å². The van der Waals surface area contributed by atoms with Gasteiger partial charge in [-0.2, -0.15) is 0 Å². The molecule has 22 heavy (non-hydrogen) atoms. The number of rotatable bonds is 5. The molecular formula is C15H16N2O4S. The summed E-state index contributed by atoms with van der Waals surface area (Å²) in [6.07, 6.45) is 0. The van der Waals surface area contributed by atoms with Crippen LogP contribution in [0.3, 0.4) is 0 Å². The van der Waals surface area contributed by atoms with Crippen LogP contribution >= 0.6 is 0 Å². The zero-order valence-corrected chi connectivity index (χ0v) is 12.7. The Hall–Kier alpha value is -2.38. The first-order valence-electron chi connectivity index (χ1n) is 6.51. The van der Waals surface area contributed by atoms with Crippen molar-refractivity contribution in [3.8, 4) is 5.75 Å². The van der Waals surface area contributed by atoms with Crippen molar-refractivity contribution in [1.82, 2.24) is 10.3 Å². The average Bonchev–Trinajstić information content (AvgIpc) is 2.45. The van der Waals surface area contributed by atoms with Crippen LogP contribution in [-0.4, -0.2) is 19.4 Å². The summed E-state index contributed by atoms with van der Waals surface area (Å²) in [6, 6.07) is 12.9. The van der Waals surface area contributed by atoms with Crippen LogP contribution in [0.1, 0.15) is 21.5 Å². The topological polar surface area (TPSA) is 95.5 Å². The molecule has 0 radical (unpaired) electrons. The lowest BCUT2D eigenvalue weighted by molar-refractivity contribution is 0.0942. The Balaban J connectivity index is 2.01. The maximum Gasteiger partial charge on any atom is 0.269 e. The van der Waals surface area contributed by atoms with Crippen molar-refractivity contribution in [2.45, 2.75) is 12.7 Å². The molecule has 0 fully saturated rings. The van der Waals surface area contributed by atoms with Gasteiger partial charge < -0.3 is 5.11 Å². The number of amides is 1. The Bertz CT molecular complexity index is 788. The molecule has 0 unspecified atom stereocenters. The second-order valence-electron chi connectivity index (χ2n) is 4.82. The number of carbonyl (C=O) groups excluding carboxylic acids is 1. The van der Waals surface area contributed by atoms with Crippen LogP contribution < -0.4 is 10.3 Å². The summed E-state index contributed by atoms with van der Waals surface area (Å²) in [4.78, 5) is 13.8. The van der Waals surface area contributed by atoms with E-state index in [0.717, 1.165) is 5.56 Å². The van der Waals surface area contributed by atoms with Gasteiger partial charge in [0.1, 0.15) is 5.75 Å². The quantitative estimate of drug-likeness (QED) is 0.727. The third-order valence-corrected chi connectivity index (χ3v) is 4.03. The monoisotopic (exact) mass is 320 g/mol. The number of para-hydroxylation sites is 1. The van der Waals surface area contributed by atoms with Gasteiger partial charge in [-0.15, -0.1) is 4.83 Å². The number of hydrogen-bond acceptors (Lipinski definition) is 4. The predicted octanol–water partition coefficient (Wildman–Crippen LogP) is 1.47. The summed E-state index contributed by atoms with van der Waals surface area (Å²) >= 11 is 0. The van der Waals surface area contributed by atoms with Gasteiger partial charge >= 0.3 is 0 Å². The van der Waals surface area contributed by atoms with Crippen molar-refractivity contribution < 1.29 is 18.3 Å². The standard InChI is InChI=1S/C15H16N2O4S/c1-11-5-4-6-12(9-11)10-22(20,21)17-16-15(19)13-7-2-3-8-14(13)18/h2-9,17-18H,10H2,1H3,(H,16,19). The summed E-state index contributed by atoms with van der Waals surface area (Å²) in [5.41, 5.74) is 3.63. The first-order valence-corrected chi connectivity index (χ1v) is 8.16. The minimum Gasteiger partial charge on any atom is -0.507 e. The molecule has 3 N–H and O–H groups in total. The van der Waals surface area contributed by atoms with Crippen molar-refractivity contribution in [1.29, 1.82) is 0 Å². The second-order valence-corrected chi connectivity index (χ2v) is 6.54. The fraction of sp³-hybridized carbons (Fsp3) is 0.133. The number of phenolic OH excluding ortho intramolecular Hbond substituents is 1. The Kier molecular flexibility index (Phi) is 4.79. The molecule has 0 atom stereocenters. The van der Waals surface area contributed by atoms with Crippen molar-refractivity contribution in [2.75, 3.05) is 0 Å². The maximum absolute atomic E-state index is 11.9. The fourth-order valence-corrected chi connectivity index (χ4v) is 2.85. The summed E-state index contributed by atoms with van der Waals surface area (Å²) < 4.78 is 23.9. The van der Waals surface area contributed by atoms with Crippen molar-refractivity contribution >= 4 is 15.9 Å². The lowest BCUT2D eigenvalue weighted by Gasteiger charge is -2.09. The zero-order valence-electron chi connectivity index (χ0n) is 11.9. The van der Waals surface area contributed by atoms with E-state index in [1.165, 1.54) is 12.1 Å². The van der Waals surface area contributed by atoms with E-state index in [0.29, 0.717) is 5.56 Å². The van der Waals surface area contributed by atoms with E-state index in [2.05, 4.69) is 5.43 Å². The highest BCUT2D eigenvalue weighted by Gasteiger charge is 2.15. The van der Waals surface area contributed by atoms with Crippen LogP contribution in [0.25, 0.3) is 0 Å². The Morgan fingerprint density at radius 2 is 1.86 bits per heavy atom. The Labute approximate surface area is 128 Å². The van der Waals surface area contributed by atoms with Crippen LogP contribution in [0.5, 0.6) is 5.75 Å². The lowest BCUT2D eigenvalue weighted by Crippen LogP contribution is -2.42. The largest absolute Gasteiger partial charge is 0.507 e. The Morgan fingerprint density at radius 3 is 2.55 bits per heavy atom. The summed E-state index contributed by atoms with van der Waals surface area (Å²) in [5, 5.41) is 9.54. The Morgan fingerprint density at radius 1 is 1.14 bits per heavy atom. The van der Waals surface area contributed by atoms with Gasteiger partial charge in [0.05, 0.1) is 11.3 Å². The zero-order chi connectivity index (χ0) is 16.2. The molecule has 0 saturated carbocycles. The molecule has 0 heterocycles. The van der Waals surface area contributed by atoms with Crippen LogP contribution in [0.2, 0.25) is 0 Å². The second kappa shape index (κ2) is 6.59. The van der Waals surface area contributed by atoms with Crippen molar-refractivity contribution in [3.63, 3.8) is 0 Å². The van der Waals surface area contributed by atoms with E-state index in [1.54, 1.807) is 30.3 Å². The van der Waals surface area contributed by atoms with Gasteiger partial charge in [0.25, 0.3) is 5.91 Å². The normalized spacial score (nSPS) is 11.1. The molecule has 116 valence electrons. The SMILES string of the molecule is Cc1cccc(CS(=O)(=O)NNC(=O)c2ccccc2O)c1. The van der Waals surface area contributed by atoms with Gasteiger partial charge in [-0.05, 0) is 24.6 Å². The maximum atomic E-state index is 11.9. The smallest absolute Gasteiger partial charge is 0.269 e. The molecule has 2 aromatic carbocycles. The molecule has 0 aliphatic heterocycles. The number of hydrogen-bond donors (Lipinski definition) is 3. The molecule has 0 saturated heterocycles. The first-order chi connectivity index (χ1) is 10.4. The van der Waals surface area contributed by atoms with E-state index >= 15 is 0 Å². The summed E-state index contributed by atoms with van der Waals surface area (Å²) in [7, 11) is -3.73. The molecule has 6 nitrogen and oxygen atoms in total. The molecule has 0 spiro atoms.